The van der Waals surface area contributed by atoms with Crippen LogP contribution in [0, 0.1) is 23.0 Å². The van der Waals surface area contributed by atoms with Crippen LogP contribution in [0.2, 0.25) is 0 Å². The number of aryl methyl sites for hydroxylation is 1. The zero-order valence-electron chi connectivity index (χ0n) is 11.7. The largest absolute Gasteiger partial charge is 0.337 e. The summed E-state index contributed by atoms with van der Waals surface area (Å²) in [4.78, 5) is 24.8. The highest BCUT2D eigenvalue weighted by Crippen LogP contribution is 2.26. The number of hydrogen-bond donors (Lipinski definition) is 1. The van der Waals surface area contributed by atoms with Crippen molar-refractivity contribution in [1.82, 2.24) is 4.90 Å². The van der Waals surface area contributed by atoms with E-state index in [1.807, 2.05) is 6.92 Å². The van der Waals surface area contributed by atoms with E-state index in [9.17, 15) is 14.9 Å². The molecule has 2 unspecified atom stereocenters. The lowest BCUT2D eigenvalue weighted by molar-refractivity contribution is -0.385. The molecule has 108 valence electrons. The molecular formula is C14H19N3O3. The second kappa shape index (κ2) is 5.58. The van der Waals surface area contributed by atoms with Crippen LogP contribution in [0.3, 0.4) is 0 Å². The molecule has 1 amide bonds. The van der Waals surface area contributed by atoms with Gasteiger partial charge in [-0.2, -0.15) is 0 Å². The summed E-state index contributed by atoms with van der Waals surface area (Å²) in [5.74, 6) is 0.00830. The molecule has 1 aliphatic heterocycles. The van der Waals surface area contributed by atoms with Crippen molar-refractivity contribution in [2.24, 2.45) is 11.7 Å². The molecule has 0 saturated carbocycles. The third kappa shape index (κ3) is 2.80. The van der Waals surface area contributed by atoms with Crippen molar-refractivity contribution in [3.8, 4) is 0 Å². The Morgan fingerprint density at radius 1 is 1.45 bits per heavy atom. The Kier molecular flexibility index (Phi) is 4.04. The number of hydrogen-bond acceptors (Lipinski definition) is 4. The molecule has 20 heavy (non-hydrogen) atoms. The van der Waals surface area contributed by atoms with Crippen LogP contribution < -0.4 is 5.73 Å². The quantitative estimate of drug-likeness (QED) is 0.658. The molecule has 1 aromatic rings. The Morgan fingerprint density at radius 2 is 2.15 bits per heavy atom. The SMILES string of the molecule is Cc1cccc(C(=O)N2CC(C)CC(N)C2)c1[N+](=O)[O-]. The Balaban J connectivity index is 2.34. The first-order chi connectivity index (χ1) is 9.40. The van der Waals surface area contributed by atoms with Crippen LogP contribution in [-0.2, 0) is 0 Å². The van der Waals surface area contributed by atoms with Gasteiger partial charge in [-0.15, -0.1) is 0 Å². The molecule has 2 atom stereocenters. The van der Waals surface area contributed by atoms with E-state index in [1.165, 1.54) is 6.07 Å². The molecule has 2 N–H and O–H groups in total. The lowest BCUT2D eigenvalue weighted by atomic mass is 9.95. The molecule has 2 rings (SSSR count). The fourth-order valence-corrected chi connectivity index (χ4v) is 2.81. The number of likely N-dealkylation sites (tertiary alicyclic amines) is 1. The highest BCUT2D eigenvalue weighted by molar-refractivity contribution is 5.98. The highest BCUT2D eigenvalue weighted by Gasteiger charge is 2.30. The van der Waals surface area contributed by atoms with Gasteiger partial charge in [-0.25, -0.2) is 0 Å². The van der Waals surface area contributed by atoms with Gasteiger partial charge in [0.2, 0.25) is 0 Å². The van der Waals surface area contributed by atoms with Gasteiger partial charge in [0.1, 0.15) is 5.56 Å². The molecule has 6 nitrogen and oxygen atoms in total. The van der Waals surface area contributed by atoms with Gasteiger partial charge in [0.15, 0.2) is 0 Å². The first kappa shape index (κ1) is 14.5. The summed E-state index contributed by atoms with van der Waals surface area (Å²) >= 11 is 0. The minimum Gasteiger partial charge on any atom is -0.337 e. The van der Waals surface area contributed by atoms with E-state index in [2.05, 4.69) is 0 Å². The lowest BCUT2D eigenvalue weighted by Crippen LogP contribution is -2.48. The first-order valence-corrected chi connectivity index (χ1v) is 6.69. The number of nitro benzene ring substituents is 1. The number of para-hydroxylation sites is 1. The van der Waals surface area contributed by atoms with E-state index in [1.54, 1.807) is 24.0 Å². The third-order valence-electron chi connectivity index (χ3n) is 3.63. The first-order valence-electron chi connectivity index (χ1n) is 6.69. The molecule has 6 heteroatoms. The Morgan fingerprint density at radius 3 is 2.75 bits per heavy atom. The summed E-state index contributed by atoms with van der Waals surface area (Å²) in [7, 11) is 0. The van der Waals surface area contributed by atoms with Crippen LogP contribution in [0.25, 0.3) is 0 Å². The van der Waals surface area contributed by atoms with E-state index in [0.717, 1.165) is 6.42 Å². The number of benzene rings is 1. The number of nitrogens with two attached hydrogens (primary N) is 1. The minimum atomic E-state index is -0.490. The molecule has 1 heterocycles. The zero-order valence-corrected chi connectivity index (χ0v) is 11.7. The van der Waals surface area contributed by atoms with E-state index < -0.39 is 4.92 Å². The van der Waals surface area contributed by atoms with Crippen molar-refractivity contribution in [3.63, 3.8) is 0 Å². The molecule has 0 bridgehead atoms. The highest BCUT2D eigenvalue weighted by atomic mass is 16.6. The van der Waals surface area contributed by atoms with Crippen molar-refractivity contribution in [2.45, 2.75) is 26.3 Å². The molecule has 0 radical (unpaired) electrons. The van der Waals surface area contributed by atoms with Crippen LogP contribution in [-0.4, -0.2) is 34.9 Å². The van der Waals surface area contributed by atoms with E-state index in [4.69, 9.17) is 5.73 Å². The molecule has 1 saturated heterocycles. The molecular weight excluding hydrogens is 258 g/mol. The Labute approximate surface area is 117 Å². The van der Waals surface area contributed by atoms with Gasteiger partial charge in [0.05, 0.1) is 4.92 Å². The maximum absolute atomic E-state index is 12.5. The van der Waals surface area contributed by atoms with E-state index in [0.29, 0.717) is 24.6 Å². The molecule has 1 aliphatic rings. The molecule has 0 aliphatic carbocycles. The van der Waals surface area contributed by atoms with Crippen molar-refractivity contribution < 1.29 is 9.72 Å². The van der Waals surface area contributed by atoms with Crippen molar-refractivity contribution >= 4 is 11.6 Å². The average Bonchev–Trinajstić information content (AvgIpc) is 2.35. The van der Waals surface area contributed by atoms with E-state index >= 15 is 0 Å². The van der Waals surface area contributed by atoms with Crippen molar-refractivity contribution in [1.29, 1.82) is 0 Å². The summed E-state index contributed by atoms with van der Waals surface area (Å²) in [5, 5.41) is 11.2. The zero-order chi connectivity index (χ0) is 14.9. The minimum absolute atomic E-state index is 0.0634. The fourth-order valence-electron chi connectivity index (χ4n) is 2.81. The summed E-state index contributed by atoms with van der Waals surface area (Å²) in [6.07, 6.45) is 0.875. The number of carbonyl (C=O) groups is 1. The monoisotopic (exact) mass is 277 g/mol. The van der Waals surface area contributed by atoms with Crippen molar-refractivity contribution in [3.05, 3.63) is 39.4 Å². The van der Waals surface area contributed by atoms with Gasteiger partial charge in [-0.05, 0) is 25.3 Å². The van der Waals surface area contributed by atoms with Gasteiger partial charge < -0.3 is 10.6 Å². The topological polar surface area (TPSA) is 89.5 Å². The van der Waals surface area contributed by atoms with Crippen LogP contribution in [0.5, 0.6) is 0 Å². The molecule has 1 fully saturated rings. The smallest absolute Gasteiger partial charge is 0.285 e. The summed E-state index contributed by atoms with van der Waals surface area (Å²) in [6, 6.07) is 4.76. The van der Waals surface area contributed by atoms with Crippen LogP contribution in [0.4, 0.5) is 5.69 Å². The lowest BCUT2D eigenvalue weighted by Gasteiger charge is -2.34. The van der Waals surface area contributed by atoms with Crippen LogP contribution >= 0.6 is 0 Å². The predicted molar refractivity (Wildman–Crippen MR) is 75.5 cm³/mol. The Hall–Kier alpha value is -1.95. The summed E-state index contributed by atoms with van der Waals surface area (Å²) < 4.78 is 0. The Bertz CT molecular complexity index is 534. The van der Waals surface area contributed by atoms with Crippen LogP contribution in [0.15, 0.2) is 18.2 Å². The average molecular weight is 277 g/mol. The van der Waals surface area contributed by atoms with Gasteiger partial charge in [-0.3, -0.25) is 14.9 Å². The van der Waals surface area contributed by atoms with E-state index in [-0.39, 0.29) is 23.2 Å². The molecule has 1 aromatic carbocycles. The molecule has 0 aromatic heterocycles. The standard InChI is InChI=1S/C14H19N3O3/c1-9-6-11(15)8-16(7-9)14(18)12-5-3-4-10(2)13(12)17(19)20/h3-5,9,11H,6-8,15H2,1-2H3. The number of carbonyl (C=O) groups excluding carboxylic acids is 1. The summed E-state index contributed by atoms with van der Waals surface area (Å²) in [6.45, 7) is 4.72. The van der Waals surface area contributed by atoms with Crippen LogP contribution in [0.1, 0.15) is 29.3 Å². The number of nitro groups is 1. The number of amides is 1. The summed E-state index contributed by atoms with van der Waals surface area (Å²) in [5.41, 5.74) is 6.47. The molecule has 0 spiro atoms. The van der Waals surface area contributed by atoms with Gasteiger partial charge in [-0.1, -0.05) is 19.1 Å². The predicted octanol–water partition coefficient (Wildman–Crippen LogP) is 1.71. The van der Waals surface area contributed by atoms with Gasteiger partial charge in [0.25, 0.3) is 11.6 Å². The van der Waals surface area contributed by atoms with Crippen molar-refractivity contribution in [2.75, 3.05) is 13.1 Å². The normalized spacial score (nSPS) is 22.6. The second-order valence-electron chi connectivity index (χ2n) is 5.54. The maximum Gasteiger partial charge on any atom is 0.285 e. The van der Waals surface area contributed by atoms with Gasteiger partial charge >= 0.3 is 0 Å². The number of nitrogens with zero attached hydrogens (tertiary/aromatic N) is 2. The second-order valence-corrected chi connectivity index (χ2v) is 5.54. The number of piperidine rings is 1. The fraction of sp³-hybridized carbons (Fsp3) is 0.500. The maximum atomic E-state index is 12.5. The third-order valence-corrected chi connectivity index (χ3v) is 3.63. The van der Waals surface area contributed by atoms with Gasteiger partial charge in [0, 0.05) is 24.7 Å². The number of rotatable bonds is 2.